The van der Waals surface area contributed by atoms with Crippen LogP contribution in [0.4, 0.5) is 8.78 Å². The number of carboxylic acids is 1. The van der Waals surface area contributed by atoms with E-state index in [0.717, 1.165) is 29.5 Å². The molecule has 10 heteroatoms. The molecule has 0 aliphatic heterocycles. The van der Waals surface area contributed by atoms with E-state index < -0.39 is 35.1 Å². The second-order valence-corrected chi connectivity index (χ2v) is 9.40. The van der Waals surface area contributed by atoms with Crippen molar-refractivity contribution in [2.45, 2.75) is 25.8 Å². The summed E-state index contributed by atoms with van der Waals surface area (Å²) < 4.78 is 45.0. The summed E-state index contributed by atoms with van der Waals surface area (Å²) >= 11 is 0. The van der Waals surface area contributed by atoms with E-state index in [1.54, 1.807) is 39.5 Å². The van der Waals surface area contributed by atoms with Crippen LogP contribution in [0.5, 0.6) is 11.5 Å². The van der Waals surface area contributed by atoms with Crippen LogP contribution < -0.4 is 14.8 Å². The van der Waals surface area contributed by atoms with Crippen LogP contribution in [0.1, 0.15) is 27.2 Å². The van der Waals surface area contributed by atoms with Crippen LogP contribution in [-0.2, 0) is 22.4 Å². The van der Waals surface area contributed by atoms with Crippen molar-refractivity contribution in [1.82, 2.24) is 10.3 Å². The first-order valence-corrected chi connectivity index (χ1v) is 12.8. The highest BCUT2D eigenvalue weighted by Crippen LogP contribution is 2.43. The Morgan fingerprint density at radius 1 is 0.976 bits per heavy atom. The van der Waals surface area contributed by atoms with E-state index in [9.17, 15) is 23.5 Å². The van der Waals surface area contributed by atoms with Crippen molar-refractivity contribution < 1.29 is 37.7 Å². The molecule has 0 fully saturated rings. The minimum absolute atomic E-state index is 0.164. The largest absolute Gasteiger partial charge is 0.496 e. The molecule has 0 bridgehead atoms. The molecular weight excluding hydrogens is 534 g/mol. The minimum Gasteiger partial charge on any atom is -0.496 e. The fourth-order valence-corrected chi connectivity index (χ4v) is 4.71. The number of rotatable bonds is 11. The maximum Gasteiger partial charge on any atom is 0.326 e. The average Bonchev–Trinajstić information content (AvgIpc) is 2.95. The molecule has 2 N–H and O–H groups in total. The Morgan fingerprint density at radius 3 is 2.22 bits per heavy atom. The maximum absolute atomic E-state index is 14.2. The molecule has 1 heterocycles. The molecule has 0 saturated heterocycles. The molecular formula is C31H30F2N2O6. The predicted octanol–water partition coefficient (Wildman–Crippen LogP) is 5.12. The molecule has 1 atom stereocenters. The van der Waals surface area contributed by atoms with Gasteiger partial charge in [-0.3, -0.25) is 9.78 Å². The number of aryl methyl sites for hydroxylation is 1. The summed E-state index contributed by atoms with van der Waals surface area (Å²) in [5.41, 5.74) is 3.34. The third kappa shape index (κ3) is 6.28. The Balaban J connectivity index is 1.78. The van der Waals surface area contributed by atoms with Gasteiger partial charge in [0.1, 0.15) is 34.7 Å². The van der Waals surface area contributed by atoms with Gasteiger partial charge < -0.3 is 24.6 Å². The highest BCUT2D eigenvalue weighted by atomic mass is 19.1. The number of fused-ring (bicyclic) bond motifs is 1. The molecule has 0 aliphatic rings. The van der Waals surface area contributed by atoms with E-state index in [-0.39, 0.29) is 6.42 Å². The molecule has 1 amide bonds. The summed E-state index contributed by atoms with van der Waals surface area (Å²) in [6.07, 6.45) is 0.489. The smallest absolute Gasteiger partial charge is 0.326 e. The van der Waals surface area contributed by atoms with Crippen LogP contribution in [-0.4, -0.2) is 55.9 Å². The minimum atomic E-state index is -1.47. The summed E-state index contributed by atoms with van der Waals surface area (Å²) in [5.74, 6) is -3.56. The number of hydrogen-bond donors (Lipinski definition) is 2. The first-order valence-electron chi connectivity index (χ1n) is 12.8. The number of halogens is 2. The van der Waals surface area contributed by atoms with Crippen molar-refractivity contribution in [3.05, 3.63) is 88.6 Å². The second-order valence-electron chi connectivity index (χ2n) is 9.40. The van der Waals surface area contributed by atoms with Crippen LogP contribution in [0, 0.1) is 18.6 Å². The van der Waals surface area contributed by atoms with Crippen LogP contribution in [0.15, 0.2) is 54.6 Å². The number of nitrogens with zero attached hydrogens (tertiary/aromatic N) is 1. The van der Waals surface area contributed by atoms with Gasteiger partial charge >= 0.3 is 5.97 Å². The standard InChI is InChI=1S/C31H30F2N2O6/c1-17-8-10-20-19(16-24(31(37)38)35-30(36)28-22(32)6-5-7-23(28)33)9-11-21(29(20)34-17)27-25(40-3)14-18(12-13-39-2)15-26(27)41-4/h5-11,14-15,24H,12-13,16H2,1-4H3,(H,35,36)(H,37,38)/t24-/m0/s1. The highest BCUT2D eigenvalue weighted by molar-refractivity contribution is 6.00. The highest BCUT2D eigenvalue weighted by Gasteiger charge is 2.26. The molecule has 0 spiro atoms. The summed E-state index contributed by atoms with van der Waals surface area (Å²) in [7, 11) is 4.75. The van der Waals surface area contributed by atoms with E-state index in [1.807, 2.05) is 25.1 Å². The van der Waals surface area contributed by atoms with Crippen molar-refractivity contribution in [1.29, 1.82) is 0 Å². The number of hydrogen-bond acceptors (Lipinski definition) is 6. The molecule has 4 aromatic rings. The van der Waals surface area contributed by atoms with Crippen LogP contribution >= 0.6 is 0 Å². The molecule has 0 radical (unpaired) electrons. The Hall–Kier alpha value is -4.57. The summed E-state index contributed by atoms with van der Waals surface area (Å²) in [4.78, 5) is 29.6. The molecule has 41 heavy (non-hydrogen) atoms. The quantitative estimate of drug-likeness (QED) is 0.260. The Morgan fingerprint density at radius 2 is 1.63 bits per heavy atom. The Labute approximate surface area is 235 Å². The van der Waals surface area contributed by atoms with Crippen LogP contribution in [0.25, 0.3) is 22.0 Å². The number of aromatic nitrogens is 1. The maximum atomic E-state index is 14.2. The van der Waals surface area contributed by atoms with Crippen molar-refractivity contribution in [3.8, 4) is 22.6 Å². The fourth-order valence-electron chi connectivity index (χ4n) is 4.71. The van der Waals surface area contributed by atoms with Crippen LogP contribution in [0.2, 0.25) is 0 Å². The summed E-state index contributed by atoms with van der Waals surface area (Å²) in [6.45, 7) is 2.36. The van der Waals surface area contributed by atoms with Gasteiger partial charge in [-0.1, -0.05) is 24.3 Å². The molecule has 0 saturated carbocycles. The van der Waals surface area contributed by atoms with E-state index in [4.69, 9.17) is 19.2 Å². The zero-order chi connectivity index (χ0) is 29.7. The van der Waals surface area contributed by atoms with Gasteiger partial charge in [0.05, 0.1) is 31.9 Å². The van der Waals surface area contributed by atoms with E-state index in [0.29, 0.717) is 52.1 Å². The zero-order valence-corrected chi connectivity index (χ0v) is 23.1. The number of pyridine rings is 1. The molecule has 8 nitrogen and oxygen atoms in total. The second kappa shape index (κ2) is 12.7. The van der Waals surface area contributed by atoms with Gasteiger partial charge in [-0.25, -0.2) is 13.6 Å². The van der Waals surface area contributed by atoms with Gasteiger partial charge in [0, 0.05) is 30.2 Å². The number of amides is 1. The topological polar surface area (TPSA) is 107 Å². The number of aliphatic carboxylic acids is 1. The number of benzene rings is 3. The lowest BCUT2D eigenvalue weighted by Crippen LogP contribution is -2.43. The third-order valence-electron chi connectivity index (χ3n) is 6.73. The van der Waals surface area contributed by atoms with E-state index in [1.165, 1.54) is 0 Å². The number of ether oxygens (including phenoxy) is 3. The first-order chi connectivity index (χ1) is 19.7. The number of carbonyl (C=O) groups excluding carboxylic acids is 1. The average molecular weight is 565 g/mol. The molecule has 0 aliphatic carbocycles. The number of methoxy groups -OCH3 is 3. The predicted molar refractivity (Wildman–Crippen MR) is 150 cm³/mol. The third-order valence-corrected chi connectivity index (χ3v) is 6.73. The first kappa shape index (κ1) is 29.4. The molecule has 4 rings (SSSR count). The lowest BCUT2D eigenvalue weighted by molar-refractivity contribution is -0.139. The van der Waals surface area contributed by atoms with Gasteiger partial charge in [-0.05, 0) is 54.8 Å². The van der Waals surface area contributed by atoms with Crippen molar-refractivity contribution >= 4 is 22.8 Å². The van der Waals surface area contributed by atoms with Crippen molar-refractivity contribution in [2.75, 3.05) is 27.9 Å². The molecule has 1 aromatic heterocycles. The molecule has 3 aromatic carbocycles. The molecule has 0 unspecified atom stereocenters. The number of carboxylic acid groups (broad SMARTS) is 1. The SMILES string of the molecule is COCCc1cc(OC)c(-c2ccc(C[C@H](NC(=O)c3c(F)cccc3F)C(=O)O)c3ccc(C)nc23)c(OC)c1. The van der Waals surface area contributed by atoms with Gasteiger partial charge in [0.25, 0.3) is 5.91 Å². The molecule has 214 valence electrons. The van der Waals surface area contributed by atoms with E-state index >= 15 is 0 Å². The van der Waals surface area contributed by atoms with Gasteiger partial charge in [0.15, 0.2) is 0 Å². The van der Waals surface area contributed by atoms with Gasteiger partial charge in [-0.2, -0.15) is 0 Å². The monoisotopic (exact) mass is 564 g/mol. The van der Waals surface area contributed by atoms with Crippen molar-refractivity contribution in [3.63, 3.8) is 0 Å². The van der Waals surface area contributed by atoms with Gasteiger partial charge in [0.2, 0.25) is 0 Å². The normalized spacial score (nSPS) is 11.8. The Bertz CT molecular complexity index is 1560. The van der Waals surface area contributed by atoms with Gasteiger partial charge in [-0.15, -0.1) is 0 Å². The Kier molecular flexibility index (Phi) is 9.14. The lowest BCUT2D eigenvalue weighted by Gasteiger charge is -2.20. The van der Waals surface area contributed by atoms with Crippen molar-refractivity contribution in [2.24, 2.45) is 0 Å². The van der Waals surface area contributed by atoms with Crippen LogP contribution in [0.3, 0.4) is 0 Å². The lowest BCUT2D eigenvalue weighted by atomic mass is 9.93. The summed E-state index contributed by atoms with van der Waals surface area (Å²) in [6, 6.07) is 12.5. The number of carbonyl (C=O) groups is 2. The fraction of sp³-hybridized carbons (Fsp3) is 0.258. The summed E-state index contributed by atoms with van der Waals surface area (Å²) in [5, 5.41) is 12.8. The number of nitrogens with one attached hydrogen (secondary N) is 1. The zero-order valence-electron chi connectivity index (χ0n) is 23.1. The van der Waals surface area contributed by atoms with E-state index in [2.05, 4.69) is 5.32 Å².